The molecule has 0 bridgehead atoms. The van der Waals surface area contributed by atoms with E-state index in [1.165, 1.54) is 24.2 Å². The molecule has 0 radical (unpaired) electrons. The maximum atomic E-state index is 12.3. The summed E-state index contributed by atoms with van der Waals surface area (Å²) < 4.78 is 0. The molecule has 0 aromatic heterocycles. The number of likely N-dealkylation sites (N-methyl/N-ethyl adjacent to an activating group) is 2. The first-order valence-electron chi connectivity index (χ1n) is 7.71. The molecule has 0 aromatic rings. The molecule has 2 amide bonds. The Morgan fingerprint density at radius 1 is 1.20 bits per heavy atom. The standard InChI is InChI=1S/C15H29N3O2/c1-4-12(10-16)15(20)17(2)11-14(19)18(3)13-8-6-5-7-9-13/h12-13H,4-11,16H2,1-3H3. The molecule has 1 aliphatic carbocycles. The lowest BCUT2D eigenvalue weighted by atomic mass is 9.94. The molecule has 0 aromatic carbocycles. The molecule has 0 aliphatic heterocycles. The minimum Gasteiger partial charge on any atom is -0.341 e. The van der Waals surface area contributed by atoms with Gasteiger partial charge in [-0.2, -0.15) is 0 Å². The first kappa shape index (κ1) is 17.0. The van der Waals surface area contributed by atoms with E-state index in [2.05, 4.69) is 0 Å². The number of rotatable bonds is 6. The summed E-state index contributed by atoms with van der Waals surface area (Å²) in [5.74, 6) is -0.173. The third-order valence-electron chi connectivity index (χ3n) is 4.39. The second kappa shape index (κ2) is 8.25. The van der Waals surface area contributed by atoms with Crippen molar-refractivity contribution in [1.29, 1.82) is 0 Å². The van der Waals surface area contributed by atoms with E-state index in [4.69, 9.17) is 5.73 Å². The van der Waals surface area contributed by atoms with Crippen LogP contribution in [-0.4, -0.2) is 54.8 Å². The summed E-state index contributed by atoms with van der Waals surface area (Å²) in [5, 5.41) is 0. The normalized spacial score (nSPS) is 17.6. The average molecular weight is 283 g/mol. The lowest BCUT2D eigenvalue weighted by Crippen LogP contribution is -2.46. The van der Waals surface area contributed by atoms with E-state index in [1.54, 1.807) is 7.05 Å². The molecule has 1 fully saturated rings. The molecule has 0 saturated heterocycles. The van der Waals surface area contributed by atoms with Gasteiger partial charge in [0.1, 0.15) is 0 Å². The van der Waals surface area contributed by atoms with Crippen LogP contribution < -0.4 is 5.73 Å². The largest absolute Gasteiger partial charge is 0.341 e. The predicted molar refractivity (Wildman–Crippen MR) is 80.1 cm³/mol. The zero-order chi connectivity index (χ0) is 15.1. The lowest BCUT2D eigenvalue weighted by Gasteiger charge is -2.32. The van der Waals surface area contributed by atoms with E-state index in [0.29, 0.717) is 19.0 Å². The van der Waals surface area contributed by atoms with Gasteiger partial charge in [0.05, 0.1) is 12.5 Å². The third-order valence-corrected chi connectivity index (χ3v) is 4.39. The quantitative estimate of drug-likeness (QED) is 0.797. The lowest BCUT2D eigenvalue weighted by molar-refractivity contribution is -0.142. The SMILES string of the molecule is CCC(CN)C(=O)N(C)CC(=O)N(C)C1CCCCC1. The number of nitrogens with zero attached hydrogens (tertiary/aromatic N) is 2. The summed E-state index contributed by atoms with van der Waals surface area (Å²) in [7, 11) is 3.55. The Hall–Kier alpha value is -1.10. The highest BCUT2D eigenvalue weighted by atomic mass is 16.2. The van der Waals surface area contributed by atoms with Crippen LogP contribution in [0.4, 0.5) is 0 Å². The summed E-state index contributed by atoms with van der Waals surface area (Å²) in [4.78, 5) is 27.7. The van der Waals surface area contributed by atoms with E-state index in [1.807, 2.05) is 18.9 Å². The van der Waals surface area contributed by atoms with Crippen LogP contribution in [0.2, 0.25) is 0 Å². The van der Waals surface area contributed by atoms with Gasteiger partial charge >= 0.3 is 0 Å². The molecule has 1 rings (SSSR count). The van der Waals surface area contributed by atoms with Crippen molar-refractivity contribution in [3.63, 3.8) is 0 Å². The molecule has 20 heavy (non-hydrogen) atoms. The number of hydrogen-bond donors (Lipinski definition) is 1. The van der Waals surface area contributed by atoms with Crippen molar-refractivity contribution in [3.8, 4) is 0 Å². The van der Waals surface area contributed by atoms with Gasteiger partial charge in [-0.3, -0.25) is 9.59 Å². The number of carbonyl (C=O) groups excluding carboxylic acids is 2. The molecular weight excluding hydrogens is 254 g/mol. The predicted octanol–water partition coefficient (Wildman–Crippen LogP) is 1.22. The smallest absolute Gasteiger partial charge is 0.242 e. The van der Waals surface area contributed by atoms with Crippen LogP contribution in [0.3, 0.4) is 0 Å². The number of nitrogens with two attached hydrogens (primary N) is 1. The van der Waals surface area contributed by atoms with E-state index < -0.39 is 0 Å². The molecule has 1 atom stereocenters. The Morgan fingerprint density at radius 3 is 2.30 bits per heavy atom. The fourth-order valence-corrected chi connectivity index (χ4v) is 2.82. The van der Waals surface area contributed by atoms with Gasteiger partial charge in [0.2, 0.25) is 11.8 Å². The van der Waals surface area contributed by atoms with Gasteiger partial charge in [-0.25, -0.2) is 0 Å². The Kier molecular flexibility index (Phi) is 6.99. The van der Waals surface area contributed by atoms with Crippen molar-refractivity contribution >= 4 is 11.8 Å². The first-order chi connectivity index (χ1) is 9.51. The van der Waals surface area contributed by atoms with Crippen molar-refractivity contribution in [3.05, 3.63) is 0 Å². The van der Waals surface area contributed by atoms with Gasteiger partial charge in [-0.1, -0.05) is 26.2 Å². The summed E-state index contributed by atoms with van der Waals surface area (Å²) >= 11 is 0. The number of carbonyl (C=O) groups is 2. The van der Waals surface area contributed by atoms with Crippen LogP contribution in [0, 0.1) is 5.92 Å². The Labute approximate surface area is 122 Å². The Bertz CT molecular complexity index is 323. The topological polar surface area (TPSA) is 66.6 Å². The van der Waals surface area contributed by atoms with E-state index in [9.17, 15) is 9.59 Å². The zero-order valence-corrected chi connectivity index (χ0v) is 13.1. The van der Waals surface area contributed by atoms with Crippen LogP contribution in [0.5, 0.6) is 0 Å². The molecule has 1 unspecified atom stereocenters. The van der Waals surface area contributed by atoms with Crippen molar-refractivity contribution < 1.29 is 9.59 Å². The van der Waals surface area contributed by atoms with E-state index >= 15 is 0 Å². The second-order valence-corrected chi connectivity index (χ2v) is 5.83. The fourth-order valence-electron chi connectivity index (χ4n) is 2.82. The van der Waals surface area contributed by atoms with Crippen molar-refractivity contribution in [2.75, 3.05) is 27.2 Å². The van der Waals surface area contributed by atoms with Crippen LogP contribution in [0.25, 0.3) is 0 Å². The molecule has 0 heterocycles. The van der Waals surface area contributed by atoms with Gasteiger partial charge in [-0.05, 0) is 19.3 Å². The molecule has 5 nitrogen and oxygen atoms in total. The maximum Gasteiger partial charge on any atom is 0.242 e. The zero-order valence-electron chi connectivity index (χ0n) is 13.1. The van der Waals surface area contributed by atoms with Crippen LogP contribution in [0.15, 0.2) is 0 Å². The fraction of sp³-hybridized carbons (Fsp3) is 0.867. The average Bonchev–Trinajstić information content (AvgIpc) is 2.48. The molecule has 5 heteroatoms. The number of hydrogen-bond acceptors (Lipinski definition) is 3. The minimum atomic E-state index is -0.173. The van der Waals surface area contributed by atoms with Crippen LogP contribution >= 0.6 is 0 Å². The molecule has 0 spiro atoms. The molecule has 1 aliphatic rings. The van der Waals surface area contributed by atoms with Gasteiger partial charge in [0.15, 0.2) is 0 Å². The van der Waals surface area contributed by atoms with Crippen molar-refractivity contribution in [2.24, 2.45) is 11.7 Å². The van der Waals surface area contributed by atoms with Gasteiger partial charge < -0.3 is 15.5 Å². The summed E-state index contributed by atoms with van der Waals surface area (Å²) in [6.45, 7) is 2.44. The summed E-state index contributed by atoms with van der Waals surface area (Å²) in [5.41, 5.74) is 5.59. The highest BCUT2D eigenvalue weighted by Crippen LogP contribution is 2.21. The van der Waals surface area contributed by atoms with Gasteiger partial charge in [0, 0.05) is 26.7 Å². The van der Waals surface area contributed by atoms with Crippen LogP contribution in [0.1, 0.15) is 45.4 Å². The van der Waals surface area contributed by atoms with Crippen molar-refractivity contribution in [1.82, 2.24) is 9.80 Å². The highest BCUT2D eigenvalue weighted by molar-refractivity contribution is 5.85. The summed E-state index contributed by atoms with van der Waals surface area (Å²) in [6, 6.07) is 0.344. The van der Waals surface area contributed by atoms with Crippen LogP contribution in [-0.2, 0) is 9.59 Å². The summed E-state index contributed by atoms with van der Waals surface area (Å²) in [6.07, 6.45) is 6.54. The first-order valence-corrected chi connectivity index (χ1v) is 7.71. The molecule has 1 saturated carbocycles. The number of amides is 2. The van der Waals surface area contributed by atoms with E-state index in [0.717, 1.165) is 12.8 Å². The van der Waals surface area contributed by atoms with Crippen molar-refractivity contribution in [2.45, 2.75) is 51.5 Å². The molecule has 116 valence electrons. The Morgan fingerprint density at radius 2 is 1.80 bits per heavy atom. The molecular formula is C15H29N3O2. The second-order valence-electron chi connectivity index (χ2n) is 5.83. The Balaban J connectivity index is 2.49. The van der Waals surface area contributed by atoms with E-state index in [-0.39, 0.29) is 24.3 Å². The highest BCUT2D eigenvalue weighted by Gasteiger charge is 2.25. The monoisotopic (exact) mass is 283 g/mol. The maximum absolute atomic E-state index is 12.3. The molecule has 2 N–H and O–H groups in total. The van der Waals surface area contributed by atoms with Gasteiger partial charge in [-0.15, -0.1) is 0 Å². The van der Waals surface area contributed by atoms with Gasteiger partial charge in [0.25, 0.3) is 0 Å². The third kappa shape index (κ3) is 4.47. The minimum absolute atomic E-state index is 0.0274.